The van der Waals surface area contributed by atoms with Gasteiger partial charge in [0, 0.05) is 18.7 Å². The minimum absolute atomic E-state index is 0.0591. The Morgan fingerprint density at radius 2 is 1.59 bits per heavy atom. The molecule has 4 rings (SSSR count). The van der Waals surface area contributed by atoms with Gasteiger partial charge in [-0.05, 0) is 50.2 Å². The van der Waals surface area contributed by atoms with Crippen molar-refractivity contribution in [2.24, 2.45) is 12.1 Å². The molecule has 0 aliphatic carbocycles. The lowest BCUT2D eigenvalue weighted by Gasteiger charge is -2.12. The van der Waals surface area contributed by atoms with Gasteiger partial charge in [-0.15, -0.1) is 0 Å². The molecular formula is C28H25N7O9. The monoisotopic (exact) mass is 603 g/mol. The number of para-hydroxylation sites is 1. The molecule has 0 atom stereocenters. The molecule has 1 heterocycles. The first kappa shape index (κ1) is 30.6. The average Bonchev–Trinajstić information content (AvgIpc) is 3.22. The minimum atomic E-state index is -1.13. The third kappa shape index (κ3) is 6.28. The number of ether oxygens (including phenoxy) is 2. The van der Waals surface area contributed by atoms with Crippen LogP contribution < -0.4 is 25.8 Å². The minimum Gasteiger partial charge on any atom is -0.493 e. The molecule has 16 heteroatoms. The largest absolute Gasteiger partial charge is 0.493 e. The van der Waals surface area contributed by atoms with Gasteiger partial charge in [-0.1, -0.05) is 18.2 Å². The Labute approximate surface area is 248 Å². The number of aromatic nitrogens is 2. The molecule has 1 aromatic heterocycles. The number of nitrogens with zero attached hydrogens (tertiary/aromatic N) is 5. The van der Waals surface area contributed by atoms with Crippen LogP contribution in [-0.4, -0.2) is 43.8 Å². The Morgan fingerprint density at radius 1 is 0.909 bits per heavy atom. The van der Waals surface area contributed by atoms with E-state index >= 15 is 0 Å². The number of carbonyl (C=O) groups excluding carboxylic acids is 2. The summed E-state index contributed by atoms with van der Waals surface area (Å²) in [6.07, 6.45) is 0. The van der Waals surface area contributed by atoms with E-state index in [2.05, 4.69) is 15.8 Å². The van der Waals surface area contributed by atoms with Crippen LogP contribution in [0.4, 0.5) is 17.1 Å². The fraction of sp³-hybridized carbons (Fsp3) is 0.143. The van der Waals surface area contributed by atoms with E-state index in [-0.39, 0.29) is 28.6 Å². The molecule has 0 fully saturated rings. The number of methoxy groups -OCH3 is 1. The van der Waals surface area contributed by atoms with Gasteiger partial charge in [-0.25, -0.2) is 10.1 Å². The number of non-ortho nitro benzene ring substituents is 1. The topological polar surface area (TPSA) is 202 Å². The van der Waals surface area contributed by atoms with Crippen molar-refractivity contribution in [1.82, 2.24) is 14.8 Å². The van der Waals surface area contributed by atoms with Crippen LogP contribution in [-0.2, 0) is 16.6 Å². The number of nitrogens with one attached hydrogen (secondary N) is 2. The van der Waals surface area contributed by atoms with E-state index in [9.17, 15) is 34.6 Å². The molecule has 0 saturated carbocycles. The number of hydrazone groups is 1. The van der Waals surface area contributed by atoms with Crippen LogP contribution in [0.25, 0.3) is 5.69 Å². The lowest BCUT2D eigenvalue weighted by molar-refractivity contribution is -0.394. The molecule has 44 heavy (non-hydrogen) atoms. The molecule has 0 aliphatic heterocycles. The third-order valence-electron chi connectivity index (χ3n) is 6.48. The summed E-state index contributed by atoms with van der Waals surface area (Å²) in [4.78, 5) is 59.0. The SMILES string of the molecule is COc1cc(/C(C)=N/NC(=O)C(=O)Nc2c(C)n(C)n(-c3ccccc3)c2=O)ccc1Oc1ccc([N+](=O)[O-])cc1[N+](=O)[O-]. The van der Waals surface area contributed by atoms with E-state index < -0.39 is 38.6 Å². The summed E-state index contributed by atoms with van der Waals surface area (Å²) in [6, 6.07) is 16.1. The molecule has 0 aliphatic rings. The zero-order chi connectivity index (χ0) is 32.1. The molecule has 2 amide bonds. The molecule has 3 aromatic carbocycles. The first-order chi connectivity index (χ1) is 20.9. The van der Waals surface area contributed by atoms with Gasteiger partial charge in [0.2, 0.25) is 5.75 Å². The summed E-state index contributed by atoms with van der Waals surface area (Å²) in [6.45, 7) is 3.16. The molecule has 0 spiro atoms. The Morgan fingerprint density at radius 3 is 2.23 bits per heavy atom. The zero-order valence-electron chi connectivity index (χ0n) is 23.8. The van der Waals surface area contributed by atoms with Crippen LogP contribution >= 0.6 is 0 Å². The number of hydrogen-bond acceptors (Lipinski definition) is 10. The summed E-state index contributed by atoms with van der Waals surface area (Å²) < 4.78 is 13.9. The van der Waals surface area contributed by atoms with Crippen LogP contribution in [0.15, 0.2) is 76.6 Å². The first-order valence-corrected chi connectivity index (χ1v) is 12.7. The van der Waals surface area contributed by atoms with E-state index in [1.165, 1.54) is 36.9 Å². The quantitative estimate of drug-likeness (QED) is 0.124. The van der Waals surface area contributed by atoms with Crippen molar-refractivity contribution in [3.05, 3.63) is 109 Å². The van der Waals surface area contributed by atoms with Gasteiger partial charge < -0.3 is 14.8 Å². The normalized spacial score (nSPS) is 11.0. The maximum Gasteiger partial charge on any atom is 0.329 e. The second-order valence-electron chi connectivity index (χ2n) is 9.16. The summed E-state index contributed by atoms with van der Waals surface area (Å²) in [5, 5.41) is 28.7. The highest BCUT2D eigenvalue weighted by Gasteiger charge is 2.23. The second-order valence-corrected chi connectivity index (χ2v) is 9.16. The van der Waals surface area contributed by atoms with Crippen molar-refractivity contribution < 1.29 is 28.9 Å². The Hall–Kier alpha value is -6.32. The summed E-state index contributed by atoms with van der Waals surface area (Å²) in [7, 11) is 2.97. The fourth-order valence-corrected chi connectivity index (χ4v) is 4.08. The van der Waals surface area contributed by atoms with Gasteiger partial charge in [-0.3, -0.25) is 39.3 Å². The van der Waals surface area contributed by atoms with Crippen molar-refractivity contribution in [2.45, 2.75) is 13.8 Å². The van der Waals surface area contributed by atoms with Crippen molar-refractivity contribution >= 4 is 34.6 Å². The maximum atomic E-state index is 13.0. The third-order valence-corrected chi connectivity index (χ3v) is 6.48. The number of nitro benzene ring substituents is 2. The number of hydrogen-bond donors (Lipinski definition) is 2. The van der Waals surface area contributed by atoms with Gasteiger partial charge in [0.05, 0.1) is 40.1 Å². The predicted molar refractivity (Wildman–Crippen MR) is 158 cm³/mol. The Kier molecular flexibility index (Phi) is 8.83. The molecule has 0 radical (unpaired) electrons. The van der Waals surface area contributed by atoms with E-state index in [4.69, 9.17) is 9.47 Å². The van der Waals surface area contributed by atoms with Crippen molar-refractivity contribution in [3.63, 3.8) is 0 Å². The van der Waals surface area contributed by atoms with Gasteiger partial charge >= 0.3 is 17.5 Å². The van der Waals surface area contributed by atoms with Gasteiger partial charge in [0.25, 0.3) is 11.2 Å². The molecule has 0 unspecified atom stereocenters. The van der Waals surface area contributed by atoms with E-state index in [1.807, 2.05) is 0 Å². The fourth-order valence-electron chi connectivity index (χ4n) is 4.08. The number of nitro groups is 2. The Bertz CT molecular complexity index is 1880. The molecule has 0 bridgehead atoms. The van der Waals surface area contributed by atoms with E-state index in [0.29, 0.717) is 16.9 Å². The van der Waals surface area contributed by atoms with Crippen LogP contribution in [0.5, 0.6) is 17.2 Å². The van der Waals surface area contributed by atoms with E-state index in [1.54, 1.807) is 49.0 Å². The maximum absolute atomic E-state index is 13.0. The van der Waals surface area contributed by atoms with Crippen molar-refractivity contribution in [3.8, 4) is 22.9 Å². The lowest BCUT2D eigenvalue weighted by atomic mass is 10.1. The number of anilines is 1. The van der Waals surface area contributed by atoms with Gasteiger partial charge in [0.15, 0.2) is 11.5 Å². The Balaban J connectivity index is 1.49. The number of carbonyl (C=O) groups is 2. The highest BCUT2D eigenvalue weighted by Crippen LogP contribution is 2.38. The number of rotatable bonds is 9. The van der Waals surface area contributed by atoms with Crippen molar-refractivity contribution in [1.29, 1.82) is 0 Å². The molecule has 16 nitrogen and oxygen atoms in total. The number of benzene rings is 3. The van der Waals surface area contributed by atoms with Crippen LogP contribution in [0, 0.1) is 27.2 Å². The van der Waals surface area contributed by atoms with Gasteiger partial charge in [-0.2, -0.15) is 5.10 Å². The van der Waals surface area contributed by atoms with Crippen LogP contribution in [0.2, 0.25) is 0 Å². The van der Waals surface area contributed by atoms with E-state index in [0.717, 1.165) is 18.2 Å². The molecule has 2 N–H and O–H groups in total. The highest BCUT2D eigenvalue weighted by atomic mass is 16.6. The summed E-state index contributed by atoms with van der Waals surface area (Å²) in [5.41, 5.74) is 2.14. The number of amides is 2. The lowest BCUT2D eigenvalue weighted by Crippen LogP contribution is -2.34. The van der Waals surface area contributed by atoms with Gasteiger partial charge in [0.1, 0.15) is 5.69 Å². The zero-order valence-corrected chi connectivity index (χ0v) is 23.8. The smallest absolute Gasteiger partial charge is 0.329 e. The van der Waals surface area contributed by atoms with Crippen molar-refractivity contribution in [2.75, 3.05) is 12.4 Å². The molecule has 226 valence electrons. The molecule has 4 aromatic rings. The average molecular weight is 604 g/mol. The van der Waals surface area contributed by atoms with Crippen LogP contribution in [0.1, 0.15) is 18.2 Å². The highest BCUT2D eigenvalue weighted by molar-refractivity contribution is 6.39. The summed E-state index contributed by atoms with van der Waals surface area (Å²) in [5.74, 6) is -2.31. The molecular weight excluding hydrogens is 578 g/mol. The predicted octanol–water partition coefficient (Wildman–Crippen LogP) is 3.58. The van der Waals surface area contributed by atoms with Crippen LogP contribution in [0.3, 0.4) is 0 Å². The molecule has 0 saturated heterocycles. The second kappa shape index (κ2) is 12.7. The summed E-state index contributed by atoms with van der Waals surface area (Å²) >= 11 is 0. The standard InChI is InChI=1S/C28H25N7O9/c1-16(18-10-12-23(24(14-18)43-4)44-22-13-11-20(34(39)40)15-21(22)35(41)42)30-31-27(37)26(36)29-25-17(2)32(3)33(28(25)38)19-8-6-5-7-9-19/h5-15H,1-4H3,(H,29,36)(H,31,37)/b30-16+. The first-order valence-electron chi connectivity index (χ1n) is 12.7.